The minimum absolute atomic E-state index is 0.00793. The van der Waals surface area contributed by atoms with Crippen molar-refractivity contribution in [2.45, 2.75) is 333 Å². The van der Waals surface area contributed by atoms with Gasteiger partial charge in [0.2, 0.25) is 94.4 Å². The van der Waals surface area contributed by atoms with Crippen LogP contribution in [0.4, 0.5) is 0 Å². The van der Waals surface area contributed by atoms with Crippen LogP contribution >= 0.6 is 0 Å². The number of esters is 1. The minimum atomic E-state index is -1.87. The van der Waals surface area contributed by atoms with Gasteiger partial charge in [0.25, 0.3) is 0 Å². The Bertz CT molecular complexity index is 4890. The molecule has 4 rings (SSSR count). The maximum absolute atomic E-state index is 14.3. The summed E-state index contributed by atoms with van der Waals surface area (Å²) in [7, 11) is 1.50. The molecule has 144 heavy (non-hydrogen) atoms. The van der Waals surface area contributed by atoms with E-state index >= 15 is 0 Å². The zero-order chi connectivity index (χ0) is 107. The van der Waals surface area contributed by atoms with Crippen LogP contribution in [0.1, 0.15) is 240 Å². The molecule has 1 aliphatic heterocycles. The molecule has 3 aromatic rings. The Morgan fingerprint density at radius 2 is 0.958 bits per heavy atom. The third kappa shape index (κ3) is 46.5. The van der Waals surface area contributed by atoms with Crippen LogP contribution in [-0.4, -0.2) is 381 Å². The summed E-state index contributed by atoms with van der Waals surface area (Å²) >= 11 is 0. The van der Waals surface area contributed by atoms with Crippen LogP contribution in [0.5, 0.6) is 5.75 Å². The van der Waals surface area contributed by atoms with E-state index < -0.39 is 223 Å². The molecule has 1 fully saturated rings. The second-order valence-corrected chi connectivity index (χ2v) is 37.1. The van der Waals surface area contributed by atoms with Gasteiger partial charge in [-0.15, -0.1) is 0 Å². The Hall–Kier alpha value is -12.5. The first kappa shape index (κ1) is 124. The van der Waals surface area contributed by atoms with E-state index in [1.165, 1.54) is 62.9 Å². The summed E-state index contributed by atoms with van der Waals surface area (Å²) in [4.78, 5) is 95.3. The van der Waals surface area contributed by atoms with Crippen LogP contribution in [0, 0.1) is 28.6 Å². The number of aromatic hydroxyl groups is 1. The number of aromatic amines is 1. The smallest absolute Gasteiger partial charge is 0.320 e. The second-order valence-electron chi connectivity index (χ2n) is 37.1. The summed E-state index contributed by atoms with van der Waals surface area (Å²) in [5.74, 6) is -15.3. The fraction of sp³-hybridized carbons (Fsp3) is 0.663. The number of hydrogen-bond donors (Lipinski definition) is 27. The maximum atomic E-state index is 14.3. The molecule has 30 N–H and O–H groups in total. The topological polar surface area (TPSA) is 790 Å². The molecule has 2 heterocycles. The average Bonchev–Trinajstić information content (AvgIpc) is 1.77. The average molecular weight is 2030 g/mol. The monoisotopic (exact) mass is 2030 g/mol. The Morgan fingerprint density at radius 1 is 0.486 bits per heavy atom. The molecule has 46 heteroatoms. The number of phenolic OH excluding ortho intramolecular Hbond substituents is 1. The highest BCUT2D eigenvalue weighted by molar-refractivity contribution is 5.97. The third-order valence-corrected chi connectivity index (χ3v) is 23.2. The highest BCUT2D eigenvalue weighted by Crippen LogP contribution is 2.27. The molecule has 1 saturated heterocycles. The molecule has 0 radical (unpaired) electrons. The number of para-hydroxylation sites is 1. The number of hydrogen-bond acceptors (Lipinski definition) is 27. The van der Waals surface area contributed by atoms with Gasteiger partial charge in [-0.05, 0) is 203 Å². The van der Waals surface area contributed by atoms with E-state index in [1.54, 1.807) is 65.9 Å². The fourth-order valence-corrected chi connectivity index (χ4v) is 15.4. The standard InChI is InChI=1S/C98H161N23O23/c1-11-12-13-14-15-16-17-36-80(126)105-44-27-23-34-69(88(133)111-67(85(103)130)31-20-24-41-99)113-89(134)68(32-21-25-42-100)112-90(135)70(33-22-26-43-101)114-96(141)77-35-28-45-121(77)82(128)54-108-87(132)71(46-57(2)3)115-91(136)72(47-58(4)5)116-93(138)74(49-62-37-39-64(124)40-38-62)110-81(127)53-107-86(131)60(8)109-95(140)76(56-122)119-94(139)75(51-79(102)125)117-92(137)73(48-59(6)7)118-98(143)84(61(9)123)120-97(142)78(144-83(129)55-104-10)50-63-52-106-66-30-19-18-29-65(63)66/h18-19,29-30,37-40,52,57-61,67-78,84,104,106,122-124H,11-17,20-28,31-36,41-51,53-56,99-101H2,1-10H3,(H2,102,125)(H2,103,130)(H,105,126)(H,107,131)(H,108,132)(H,109,140)(H,110,127)(H,111,133)(H,112,135)(H,113,134)(H,114,141)(H,115,136)(H,116,138)(H,117,137)(H,118,143)(H,119,139)(H,120,142). The number of aliphatic imine (C=N–C) groups is 15. The van der Waals surface area contributed by atoms with E-state index in [0.29, 0.717) is 81.9 Å². The van der Waals surface area contributed by atoms with E-state index in [1.807, 2.05) is 6.07 Å². The predicted molar refractivity (Wildman–Crippen MR) is 567 cm³/mol. The predicted octanol–water partition coefficient (Wildman–Crippen LogP) is 12.2. The molecule has 806 valence electrons. The van der Waals surface area contributed by atoms with E-state index in [4.69, 9.17) is 32.8 Å². The van der Waals surface area contributed by atoms with Gasteiger partial charge in [-0.1, -0.05) is 117 Å². The van der Waals surface area contributed by atoms with Crippen LogP contribution in [0.25, 0.3) is 10.9 Å². The van der Waals surface area contributed by atoms with Crippen molar-refractivity contribution in [1.82, 2.24) is 15.2 Å². The second kappa shape index (κ2) is 67.1. The zero-order valence-electron chi connectivity index (χ0n) is 84.8. The quantitative estimate of drug-likeness (QED) is 0.0108. The van der Waals surface area contributed by atoms with Gasteiger partial charge >= 0.3 is 5.97 Å². The number of nitrogens with one attached hydrogen (secondary N) is 4. The third-order valence-electron chi connectivity index (χ3n) is 23.2. The summed E-state index contributed by atoms with van der Waals surface area (Å²) in [6, 6.07) is -5.79. The van der Waals surface area contributed by atoms with Gasteiger partial charge < -0.3 is 139 Å². The van der Waals surface area contributed by atoms with Crippen molar-refractivity contribution in [1.29, 1.82) is 10.8 Å². The number of carbonyl (C=O) groups is 2. The maximum Gasteiger partial charge on any atom is 0.320 e. The molecule has 1 aromatic heterocycles. The van der Waals surface area contributed by atoms with Gasteiger partial charge in [0.15, 0.2) is 30.0 Å². The summed E-state index contributed by atoms with van der Waals surface area (Å²) in [6.45, 7) is 13.5. The number of H-pyrrole nitrogens is 1. The molecule has 0 saturated carbocycles. The number of aliphatic hydroxyl groups is 19. The molecule has 15 atom stereocenters. The molecule has 0 spiro atoms. The number of likely N-dealkylation sites (N-methyl/N-ethyl adjacent to an activating group) is 1. The van der Waals surface area contributed by atoms with Crippen molar-refractivity contribution >= 4 is 123 Å². The highest BCUT2D eigenvalue weighted by Gasteiger charge is 2.37. The summed E-state index contributed by atoms with van der Waals surface area (Å²) in [5, 5.41) is 245. The first-order chi connectivity index (χ1) is 68.5. The minimum Gasteiger partial charge on any atom is -0.508 e. The van der Waals surface area contributed by atoms with Gasteiger partial charge in [0.1, 0.15) is 85.3 Å². The molecular weight excluding hydrogens is 1870 g/mol. The number of aliphatic hydroxyl groups excluding tert-OH is 19. The van der Waals surface area contributed by atoms with Gasteiger partial charge in [0.05, 0.1) is 25.7 Å². The van der Waals surface area contributed by atoms with Crippen molar-refractivity contribution in [3.8, 4) is 5.75 Å². The molecule has 46 nitrogen and oxygen atoms in total. The van der Waals surface area contributed by atoms with Crippen LogP contribution in [0.2, 0.25) is 0 Å². The van der Waals surface area contributed by atoms with E-state index in [9.17, 15) is 112 Å². The lowest BCUT2D eigenvalue weighted by atomic mass is 10.0. The number of fused-ring (bicyclic) bond motifs is 1. The van der Waals surface area contributed by atoms with Crippen molar-refractivity contribution in [2.75, 3.05) is 66.0 Å². The van der Waals surface area contributed by atoms with E-state index in [2.05, 4.69) is 92.1 Å². The van der Waals surface area contributed by atoms with Crippen molar-refractivity contribution in [3.63, 3.8) is 0 Å². The lowest BCUT2D eigenvalue weighted by molar-refractivity contribution is -0.145. The van der Waals surface area contributed by atoms with E-state index in [-0.39, 0.29) is 126 Å². The molecule has 0 aliphatic carbocycles. The summed E-state index contributed by atoms with van der Waals surface area (Å²) in [6.07, 6.45) is 9.91. The summed E-state index contributed by atoms with van der Waals surface area (Å²) in [5.41, 5.74) is 19.3. The Labute approximate surface area is 841 Å². The molecule has 2 aromatic carbocycles. The summed E-state index contributed by atoms with van der Waals surface area (Å²) < 4.78 is 5.58. The molecular formula is C98H161N23O23. The van der Waals surface area contributed by atoms with Gasteiger partial charge in [-0.25, -0.2) is 69.9 Å². The Kier molecular flexibility index (Phi) is 57.7. The van der Waals surface area contributed by atoms with Crippen molar-refractivity contribution < 1.29 is 116 Å². The van der Waals surface area contributed by atoms with Crippen LogP contribution < -0.4 is 22.5 Å². The number of nitrogens with two attached hydrogens (primary N) is 3. The Morgan fingerprint density at radius 3 is 1.49 bits per heavy atom. The van der Waals surface area contributed by atoms with Crippen LogP contribution in [0.3, 0.4) is 0 Å². The lowest BCUT2D eigenvalue weighted by Crippen LogP contribution is -2.42. The highest BCUT2D eigenvalue weighted by atomic mass is 16.6. The first-order valence-corrected chi connectivity index (χ1v) is 49.8. The number of rotatable bonds is 72. The number of benzene rings is 2. The lowest BCUT2D eigenvalue weighted by Gasteiger charge is -2.24. The first-order valence-electron chi connectivity index (χ1n) is 49.8. The largest absolute Gasteiger partial charge is 0.508 e. The SMILES string of the molecule is CCCCCCCCCC(O)=NCCCCC(N=C(O)C(CCCCN)N=C(O)C(CCCCN)N=C(O)C1CCCN1C(=O)CN=C(O)C(CC(C)C)N=C(O)C(CC(C)C)N=C(O)C(Cc1ccc(O)cc1)N=C(O)CN=C(O)C(C)N=C(O)C(CO)N=C(O)C(CC(=N)O)N=C(O)C(CC(C)C)N=C(O)C(N=C(O)C(Cc1c[nH]c2ccccc12)OC(=O)CNC)C(C)O)C(O)=NC(CCCCN)C(=N)O. The van der Waals surface area contributed by atoms with Crippen molar-refractivity contribution in [3.05, 3.63) is 65.9 Å². The van der Waals surface area contributed by atoms with Crippen LogP contribution in [-0.2, 0) is 27.2 Å². The Balaban J connectivity index is 1.66. The van der Waals surface area contributed by atoms with E-state index in [0.717, 1.165) is 43.0 Å². The number of carbonyl (C=O) groups excluding carboxylic acids is 2. The number of ether oxygens (including phenoxy) is 1. The number of phenols is 1. The number of likely N-dealkylation sites (tertiary alicyclic amines) is 1. The molecule has 1 aliphatic rings. The zero-order valence-corrected chi connectivity index (χ0v) is 84.8. The van der Waals surface area contributed by atoms with Gasteiger partial charge in [-0.2, -0.15) is 0 Å². The fourth-order valence-electron chi connectivity index (χ4n) is 15.4. The van der Waals surface area contributed by atoms with Crippen molar-refractivity contribution in [2.24, 2.45) is 110 Å². The molecule has 0 bridgehead atoms. The number of amides is 1. The number of nitrogens with zero attached hydrogens (tertiary/aromatic N) is 16. The normalized spacial score (nSPS) is 18.0. The van der Waals surface area contributed by atoms with Crippen LogP contribution in [0.15, 0.2) is 130 Å². The molecule has 15 unspecified atom stereocenters. The number of aromatic nitrogens is 1. The number of unbranched alkanes of at least 4 members (excludes halogenated alkanes) is 10. The molecule has 1 amide bonds. The van der Waals surface area contributed by atoms with Gasteiger partial charge in [-0.3, -0.25) is 25.4 Å². The van der Waals surface area contributed by atoms with Gasteiger partial charge in [0, 0.05) is 49.5 Å².